The van der Waals surface area contributed by atoms with Gasteiger partial charge in [-0.15, -0.1) is 4.91 Å². The van der Waals surface area contributed by atoms with Gasteiger partial charge in [-0.2, -0.15) is 0 Å². The molecule has 1 aromatic rings. The van der Waals surface area contributed by atoms with Gasteiger partial charge < -0.3 is 9.94 Å². The number of rotatable bonds is 5. The maximum absolute atomic E-state index is 10.3. The Bertz CT molecular complexity index is 500. The summed E-state index contributed by atoms with van der Waals surface area (Å²) in [6, 6.07) is 7.93. The van der Waals surface area contributed by atoms with E-state index in [4.69, 9.17) is 9.94 Å². The van der Waals surface area contributed by atoms with Gasteiger partial charge in [0.2, 0.25) is 0 Å². The van der Waals surface area contributed by atoms with E-state index in [1.54, 1.807) is 6.92 Å². The van der Waals surface area contributed by atoms with Crippen molar-refractivity contribution in [3.8, 4) is 0 Å². The molecular formula is C21H33NO3. The zero-order valence-electron chi connectivity index (χ0n) is 15.9. The van der Waals surface area contributed by atoms with Crippen molar-refractivity contribution in [3.63, 3.8) is 0 Å². The number of nitrogens with zero attached hydrogens (tertiary/aromatic N) is 1. The molecule has 0 bridgehead atoms. The summed E-state index contributed by atoms with van der Waals surface area (Å²) < 4.78 is 0. The zero-order valence-corrected chi connectivity index (χ0v) is 15.9. The highest BCUT2D eigenvalue weighted by Crippen LogP contribution is 2.31. The highest BCUT2D eigenvalue weighted by molar-refractivity contribution is 5.60. The molecule has 1 N–H and O–H groups in total. The molecule has 0 aromatic heterocycles. The number of benzene rings is 1. The van der Waals surface area contributed by atoms with Gasteiger partial charge >= 0.3 is 0 Å². The van der Waals surface area contributed by atoms with E-state index in [1.165, 1.54) is 50.5 Å². The van der Waals surface area contributed by atoms with E-state index in [9.17, 15) is 4.91 Å². The Balaban J connectivity index is 0.000000324. The largest absolute Gasteiger partial charge is 0.397 e. The minimum absolute atomic E-state index is 0.250. The van der Waals surface area contributed by atoms with Crippen molar-refractivity contribution in [1.82, 2.24) is 0 Å². The molecule has 0 radical (unpaired) electrons. The summed E-state index contributed by atoms with van der Waals surface area (Å²) in [6.07, 6.45) is 11.4. The summed E-state index contributed by atoms with van der Waals surface area (Å²) in [6.45, 7) is 6.22. The summed E-state index contributed by atoms with van der Waals surface area (Å²) >= 11 is 0. The van der Waals surface area contributed by atoms with Gasteiger partial charge in [0.1, 0.15) is 0 Å². The third-order valence-corrected chi connectivity index (χ3v) is 4.53. The Morgan fingerprint density at radius 3 is 2.12 bits per heavy atom. The molecular weight excluding hydrogens is 314 g/mol. The van der Waals surface area contributed by atoms with Gasteiger partial charge in [0, 0.05) is 12.2 Å². The van der Waals surface area contributed by atoms with Gasteiger partial charge in [-0.25, -0.2) is 0 Å². The maximum atomic E-state index is 10.3. The summed E-state index contributed by atoms with van der Waals surface area (Å²) in [5, 5.41) is 10.1. The Kier molecular flexibility index (Phi) is 10.8. The molecule has 0 spiro atoms. The fourth-order valence-corrected chi connectivity index (χ4v) is 2.80. The summed E-state index contributed by atoms with van der Waals surface area (Å²) in [7, 11) is 0. The highest BCUT2D eigenvalue weighted by atomic mass is 16.7. The lowest BCUT2D eigenvalue weighted by Gasteiger charge is -2.07. The third-order valence-electron chi connectivity index (χ3n) is 4.53. The van der Waals surface area contributed by atoms with Crippen LogP contribution in [-0.4, -0.2) is 11.7 Å². The predicted octanol–water partition coefficient (Wildman–Crippen LogP) is 6.03. The molecule has 25 heavy (non-hydrogen) atoms. The van der Waals surface area contributed by atoms with Crippen LogP contribution in [0.1, 0.15) is 69.9 Å². The Hall–Kier alpha value is -1.68. The lowest BCUT2D eigenvalue weighted by molar-refractivity contribution is 0.289. The van der Waals surface area contributed by atoms with Gasteiger partial charge in [0.05, 0.1) is 0 Å². The number of aliphatic hydroxyl groups excluding tert-OH is 1. The van der Waals surface area contributed by atoms with Crippen LogP contribution >= 0.6 is 0 Å². The van der Waals surface area contributed by atoms with E-state index in [0.29, 0.717) is 11.7 Å². The minimum atomic E-state index is 0.250. The summed E-state index contributed by atoms with van der Waals surface area (Å²) in [5.41, 5.74) is 2.11. The van der Waals surface area contributed by atoms with Crippen LogP contribution in [0.2, 0.25) is 0 Å². The molecule has 0 atom stereocenters. The van der Waals surface area contributed by atoms with Crippen LogP contribution in [-0.2, 0) is 4.84 Å². The van der Waals surface area contributed by atoms with Crippen molar-refractivity contribution in [2.75, 3.05) is 6.61 Å². The van der Waals surface area contributed by atoms with Crippen LogP contribution in [0.4, 0.5) is 0 Å². The van der Waals surface area contributed by atoms with Crippen LogP contribution in [0.3, 0.4) is 0 Å². The highest BCUT2D eigenvalue weighted by Gasteiger charge is 2.17. The second-order valence-electron chi connectivity index (χ2n) is 6.78. The number of hydrogen-bond acceptors (Lipinski definition) is 4. The molecule has 2 fully saturated rings. The van der Waals surface area contributed by atoms with Crippen molar-refractivity contribution < 1.29 is 9.94 Å². The standard InChI is InChI=1S/C14H17NO2.C5H10.C2H6O/c1-11-6-8-13(9-7-11)14(17-15-16)10-12-4-2-3-5-12;1-2-5-3-4-5;1-2-3/h6-10,12H,2-5H2,1H3;5H,2-4H2,1H3;3H,2H2,1H3/b14-10+;;. The van der Waals surface area contributed by atoms with Crippen LogP contribution in [0, 0.1) is 23.7 Å². The maximum Gasteiger partial charge on any atom is 0.165 e. The first kappa shape index (κ1) is 21.4. The Morgan fingerprint density at radius 1 is 1.16 bits per heavy atom. The van der Waals surface area contributed by atoms with Crippen molar-refractivity contribution in [1.29, 1.82) is 0 Å². The summed E-state index contributed by atoms with van der Waals surface area (Å²) in [5.74, 6) is 2.25. The first-order valence-corrected chi connectivity index (χ1v) is 9.53. The predicted molar refractivity (Wildman–Crippen MR) is 104 cm³/mol. The van der Waals surface area contributed by atoms with E-state index in [0.717, 1.165) is 11.5 Å². The van der Waals surface area contributed by atoms with E-state index >= 15 is 0 Å². The van der Waals surface area contributed by atoms with Gasteiger partial charge in [-0.1, -0.05) is 68.9 Å². The first-order chi connectivity index (χ1) is 12.1. The quantitative estimate of drug-likeness (QED) is 0.402. The molecule has 0 aliphatic heterocycles. The monoisotopic (exact) mass is 347 g/mol. The minimum Gasteiger partial charge on any atom is -0.397 e. The number of aliphatic hydroxyl groups is 1. The lowest BCUT2D eigenvalue weighted by Crippen LogP contribution is -1.93. The fraction of sp³-hybridized carbons (Fsp3) is 0.619. The Labute approximate surface area is 152 Å². The van der Waals surface area contributed by atoms with Crippen LogP contribution < -0.4 is 0 Å². The number of allylic oxidation sites excluding steroid dienone is 1. The molecule has 1 aromatic carbocycles. The molecule has 0 unspecified atom stereocenters. The smallest absolute Gasteiger partial charge is 0.165 e. The van der Waals surface area contributed by atoms with E-state index in [-0.39, 0.29) is 6.61 Å². The topological polar surface area (TPSA) is 58.9 Å². The van der Waals surface area contributed by atoms with Crippen molar-refractivity contribution in [3.05, 3.63) is 46.4 Å². The SMILES string of the molecule is CCC1CC1.CCO.Cc1ccc(/C(=C\C2CCCC2)ON=O)cc1. The van der Waals surface area contributed by atoms with Crippen LogP contribution in [0.25, 0.3) is 5.76 Å². The molecule has 140 valence electrons. The second-order valence-corrected chi connectivity index (χ2v) is 6.78. The van der Waals surface area contributed by atoms with Crippen molar-refractivity contribution in [2.45, 2.75) is 65.7 Å². The van der Waals surface area contributed by atoms with Gasteiger partial charge in [-0.05, 0) is 44.6 Å². The second kappa shape index (κ2) is 12.6. The van der Waals surface area contributed by atoms with Gasteiger partial charge in [-0.3, -0.25) is 0 Å². The number of hydrogen-bond donors (Lipinski definition) is 1. The van der Waals surface area contributed by atoms with Crippen molar-refractivity contribution >= 4 is 5.76 Å². The van der Waals surface area contributed by atoms with Crippen LogP contribution in [0.15, 0.2) is 35.7 Å². The average Bonchev–Trinajstić information content (AvgIpc) is 3.32. The fourth-order valence-electron chi connectivity index (χ4n) is 2.80. The molecule has 4 nitrogen and oxygen atoms in total. The van der Waals surface area contributed by atoms with Crippen LogP contribution in [0.5, 0.6) is 0 Å². The first-order valence-electron chi connectivity index (χ1n) is 9.53. The normalized spacial score (nSPS) is 17.0. The molecule has 4 heteroatoms. The molecule has 0 amide bonds. The molecule has 2 aliphatic carbocycles. The summed E-state index contributed by atoms with van der Waals surface area (Å²) in [4.78, 5) is 15.2. The van der Waals surface area contributed by atoms with Gasteiger partial charge in [0.15, 0.2) is 11.1 Å². The van der Waals surface area contributed by atoms with E-state index in [1.807, 2.05) is 37.3 Å². The van der Waals surface area contributed by atoms with Crippen molar-refractivity contribution in [2.24, 2.45) is 17.2 Å². The molecule has 2 aliphatic rings. The van der Waals surface area contributed by atoms with E-state index in [2.05, 4.69) is 12.3 Å². The van der Waals surface area contributed by atoms with Gasteiger partial charge in [0.25, 0.3) is 0 Å². The molecule has 3 rings (SSSR count). The molecule has 0 saturated heterocycles. The molecule has 0 heterocycles. The zero-order chi connectivity index (χ0) is 18.5. The third kappa shape index (κ3) is 9.40. The average molecular weight is 347 g/mol. The lowest BCUT2D eigenvalue weighted by atomic mass is 10.0. The number of aryl methyl sites for hydroxylation is 1. The molecule has 2 saturated carbocycles. The van der Waals surface area contributed by atoms with E-state index < -0.39 is 0 Å². The Morgan fingerprint density at radius 2 is 1.72 bits per heavy atom.